The van der Waals surface area contributed by atoms with E-state index in [0.717, 1.165) is 31.2 Å². The largest absolute Gasteiger partial charge is 1.00 e. The minimum Gasteiger partial charge on any atom is -1.00 e. The number of carbonyl (C=O) groups excluding carboxylic acids is 1. The lowest BCUT2D eigenvalue weighted by Crippen LogP contribution is -3.00. The second kappa shape index (κ2) is 10.2. The summed E-state index contributed by atoms with van der Waals surface area (Å²) in [7, 11) is -0.0550. The Kier molecular flexibility index (Phi) is 8.32. The van der Waals surface area contributed by atoms with E-state index in [1.807, 2.05) is 14.1 Å². The first-order valence-corrected chi connectivity index (χ1v) is 11.4. The van der Waals surface area contributed by atoms with E-state index in [0.29, 0.717) is 4.48 Å². The second-order valence-electron chi connectivity index (χ2n) is 7.80. The Morgan fingerprint density at radius 1 is 1.19 bits per heavy atom. The third-order valence-electron chi connectivity index (χ3n) is 5.25. The van der Waals surface area contributed by atoms with Gasteiger partial charge in [0.2, 0.25) is 0 Å². The molecule has 0 aliphatic carbocycles. The van der Waals surface area contributed by atoms with Gasteiger partial charge in [0.15, 0.2) is 6.54 Å². The molecule has 1 saturated heterocycles. The number of likely N-dealkylation sites (N-methyl/N-ethyl adjacent to an activating group) is 2. The summed E-state index contributed by atoms with van der Waals surface area (Å²) in [6.07, 6.45) is 0. The highest BCUT2D eigenvalue weighted by molar-refractivity contribution is 7.89. The maximum atomic E-state index is 13.3. The van der Waals surface area contributed by atoms with E-state index in [1.165, 1.54) is 30.3 Å². The monoisotopic (exact) mass is 488 g/mol. The van der Waals surface area contributed by atoms with Gasteiger partial charge < -0.3 is 22.0 Å². The van der Waals surface area contributed by atoms with Crippen molar-refractivity contribution >= 4 is 33.2 Å². The molecule has 2 aromatic rings. The number of nitrogens with one attached hydrogen (secondary N) is 1. The van der Waals surface area contributed by atoms with Crippen LogP contribution in [0.1, 0.15) is 0 Å². The minimum absolute atomic E-state index is 0. The molecule has 3 rings (SSSR count). The number of benzene rings is 2. The molecule has 1 aliphatic heterocycles. The highest BCUT2D eigenvalue weighted by Crippen LogP contribution is 2.30. The number of amides is 1. The summed E-state index contributed by atoms with van der Waals surface area (Å²) < 4.78 is 26.3. The van der Waals surface area contributed by atoms with Gasteiger partial charge in [-0.05, 0) is 31.3 Å². The van der Waals surface area contributed by atoms with Crippen molar-refractivity contribution < 1.29 is 35.2 Å². The number of hydrazine groups is 1. The Labute approximate surface area is 194 Å². The number of aromatic hydroxyl groups is 1. The van der Waals surface area contributed by atoms with E-state index in [9.17, 15) is 18.3 Å². The average Bonchev–Trinajstić information content (AvgIpc) is 2.71. The molecule has 0 unspecified atom stereocenters. The summed E-state index contributed by atoms with van der Waals surface area (Å²) in [5, 5.41) is 11.0. The normalized spacial score (nSPS) is 16.4. The zero-order chi connectivity index (χ0) is 21.9. The predicted molar refractivity (Wildman–Crippen MR) is 116 cm³/mol. The van der Waals surface area contributed by atoms with Crippen LogP contribution >= 0.6 is 11.6 Å². The third-order valence-corrected chi connectivity index (χ3v) is 6.88. The van der Waals surface area contributed by atoms with Gasteiger partial charge in [-0.3, -0.25) is 9.69 Å². The fourth-order valence-electron chi connectivity index (χ4n) is 3.28. The molecule has 31 heavy (non-hydrogen) atoms. The molecule has 0 spiro atoms. The van der Waals surface area contributed by atoms with Crippen molar-refractivity contribution in [3.8, 4) is 5.75 Å². The minimum atomic E-state index is -4.05. The van der Waals surface area contributed by atoms with E-state index in [1.54, 1.807) is 18.2 Å². The molecule has 1 amide bonds. The van der Waals surface area contributed by atoms with Gasteiger partial charge in [-0.15, -0.1) is 4.83 Å². The lowest BCUT2D eigenvalue weighted by molar-refractivity contribution is -0.905. The Hall–Kier alpha value is -1.88. The maximum Gasteiger partial charge on any atom is 0.297 e. The number of rotatable bonds is 6. The SMILES string of the molecule is CN1CC[N+](C)(CC(=O)N(NS(=O)(=O)c2ccccc2)c2cc(O)ccc2Cl)CC1.[Cl-]. The number of halogens is 2. The van der Waals surface area contributed by atoms with Crippen molar-refractivity contribution in [2.24, 2.45) is 0 Å². The summed E-state index contributed by atoms with van der Waals surface area (Å²) in [6, 6.07) is 11.8. The van der Waals surface area contributed by atoms with Crippen molar-refractivity contribution in [1.82, 2.24) is 9.73 Å². The molecule has 2 N–H and O–H groups in total. The van der Waals surface area contributed by atoms with E-state index in [4.69, 9.17) is 11.6 Å². The van der Waals surface area contributed by atoms with Crippen LogP contribution in [0.4, 0.5) is 5.69 Å². The molecular formula is C20H26Cl2N4O4S. The van der Waals surface area contributed by atoms with Gasteiger partial charge in [0.25, 0.3) is 15.9 Å². The van der Waals surface area contributed by atoms with Crippen LogP contribution in [0.5, 0.6) is 5.75 Å². The number of phenolic OH excluding ortho intramolecular Hbond substituents is 1. The highest BCUT2D eigenvalue weighted by atomic mass is 35.5. The first-order valence-electron chi connectivity index (χ1n) is 9.51. The number of carbonyl (C=O) groups is 1. The number of phenols is 1. The molecular weight excluding hydrogens is 463 g/mol. The van der Waals surface area contributed by atoms with Crippen molar-refractivity contribution in [3.05, 3.63) is 53.6 Å². The van der Waals surface area contributed by atoms with Crippen molar-refractivity contribution in [2.75, 3.05) is 51.8 Å². The van der Waals surface area contributed by atoms with Gasteiger partial charge in [-0.1, -0.05) is 29.8 Å². The molecule has 0 bridgehead atoms. The molecule has 2 aromatic carbocycles. The van der Waals surface area contributed by atoms with Gasteiger partial charge in [0, 0.05) is 19.2 Å². The Morgan fingerprint density at radius 3 is 2.42 bits per heavy atom. The van der Waals surface area contributed by atoms with Crippen molar-refractivity contribution in [2.45, 2.75) is 4.90 Å². The summed E-state index contributed by atoms with van der Waals surface area (Å²) in [4.78, 5) is 17.9. The Morgan fingerprint density at radius 2 is 1.81 bits per heavy atom. The number of hydrogen-bond donors (Lipinski definition) is 2. The van der Waals surface area contributed by atoms with Crippen LogP contribution in [0.3, 0.4) is 0 Å². The average molecular weight is 489 g/mol. The van der Waals surface area contributed by atoms with E-state index in [-0.39, 0.29) is 40.3 Å². The van der Waals surface area contributed by atoms with Gasteiger partial charge >= 0.3 is 0 Å². The summed E-state index contributed by atoms with van der Waals surface area (Å²) >= 11 is 6.25. The first kappa shape index (κ1) is 25.4. The summed E-state index contributed by atoms with van der Waals surface area (Å²) in [5.41, 5.74) is 0.0712. The molecule has 0 atom stereocenters. The molecule has 0 radical (unpaired) electrons. The Bertz CT molecular complexity index is 1010. The predicted octanol–water partition coefficient (Wildman–Crippen LogP) is -1.33. The molecule has 8 nitrogen and oxygen atoms in total. The highest BCUT2D eigenvalue weighted by Gasteiger charge is 2.34. The van der Waals surface area contributed by atoms with Crippen LogP contribution in [-0.4, -0.2) is 75.6 Å². The lowest BCUT2D eigenvalue weighted by atomic mass is 10.2. The van der Waals surface area contributed by atoms with Crippen LogP contribution in [0.2, 0.25) is 5.02 Å². The number of piperazine rings is 1. The number of nitrogens with zero attached hydrogens (tertiary/aromatic N) is 3. The summed E-state index contributed by atoms with van der Waals surface area (Å²) in [5.74, 6) is -0.597. The lowest BCUT2D eigenvalue weighted by Gasteiger charge is -2.41. The molecule has 1 aliphatic rings. The standard InChI is InChI=1S/C20H25ClN4O4S.ClH/c1-23-10-12-25(2,13-11-23)15-20(27)24(19-14-16(26)8-9-18(19)21)22-30(28,29)17-6-4-3-5-7-17;/h3-9,14,22H,10-13,15H2,1-2H3;1H. The van der Waals surface area contributed by atoms with Crippen LogP contribution in [-0.2, 0) is 14.8 Å². The van der Waals surface area contributed by atoms with Crippen LogP contribution in [0.15, 0.2) is 53.4 Å². The first-order chi connectivity index (χ1) is 14.1. The van der Waals surface area contributed by atoms with Gasteiger partial charge in [-0.25, -0.2) is 13.4 Å². The maximum absolute atomic E-state index is 13.3. The quantitative estimate of drug-likeness (QED) is 0.388. The molecule has 1 fully saturated rings. The molecule has 0 saturated carbocycles. The number of sulfonamides is 1. The fourth-order valence-corrected chi connectivity index (χ4v) is 4.55. The van der Waals surface area contributed by atoms with Crippen molar-refractivity contribution in [3.63, 3.8) is 0 Å². The van der Waals surface area contributed by atoms with Crippen LogP contribution < -0.4 is 22.2 Å². The van der Waals surface area contributed by atoms with Gasteiger partial charge in [0.1, 0.15) is 5.75 Å². The number of hydrogen-bond acceptors (Lipinski definition) is 5. The topological polar surface area (TPSA) is 90.0 Å². The van der Waals surface area contributed by atoms with Crippen LogP contribution in [0, 0.1) is 0 Å². The Balaban J connectivity index is 0.00000341. The fraction of sp³-hybridized carbons (Fsp3) is 0.350. The molecule has 0 aromatic heterocycles. The summed E-state index contributed by atoms with van der Waals surface area (Å²) in [6.45, 7) is 3.28. The third kappa shape index (κ3) is 6.31. The number of anilines is 1. The smallest absolute Gasteiger partial charge is 0.297 e. The molecule has 11 heteroatoms. The van der Waals surface area contributed by atoms with Gasteiger partial charge in [-0.2, -0.15) is 0 Å². The van der Waals surface area contributed by atoms with E-state index >= 15 is 0 Å². The zero-order valence-corrected chi connectivity index (χ0v) is 19.7. The van der Waals surface area contributed by atoms with E-state index < -0.39 is 15.9 Å². The van der Waals surface area contributed by atoms with E-state index in [2.05, 4.69) is 9.73 Å². The van der Waals surface area contributed by atoms with Gasteiger partial charge in [0.05, 0.1) is 35.7 Å². The molecule has 170 valence electrons. The van der Waals surface area contributed by atoms with Crippen LogP contribution in [0.25, 0.3) is 0 Å². The number of quaternary nitrogens is 1. The molecule has 1 heterocycles. The van der Waals surface area contributed by atoms with Crippen molar-refractivity contribution in [1.29, 1.82) is 0 Å². The zero-order valence-electron chi connectivity index (χ0n) is 17.3. The second-order valence-corrected chi connectivity index (χ2v) is 9.87.